The quantitative estimate of drug-likeness (QED) is 0.145. The Labute approximate surface area is 284 Å². The van der Waals surface area contributed by atoms with Crippen molar-refractivity contribution in [3.63, 3.8) is 0 Å². The van der Waals surface area contributed by atoms with Crippen LogP contribution in [0.5, 0.6) is 0 Å². The average molecular weight is 643 g/mol. The van der Waals surface area contributed by atoms with Crippen molar-refractivity contribution < 1.29 is 19.2 Å². The van der Waals surface area contributed by atoms with Crippen LogP contribution in [-0.2, 0) is 32.2 Å². The molecule has 0 amide bonds. The van der Waals surface area contributed by atoms with Gasteiger partial charge in [-0.1, -0.05) is 54.6 Å². The van der Waals surface area contributed by atoms with Crippen LogP contribution in [0.2, 0.25) is 0 Å². The van der Waals surface area contributed by atoms with E-state index in [9.17, 15) is 19.2 Å². The fraction of sp³-hybridized carbons (Fsp3) is 0.357. The molecule has 0 bridgehead atoms. The molecule has 0 fully saturated rings. The van der Waals surface area contributed by atoms with Crippen molar-refractivity contribution in [2.24, 2.45) is 0 Å². The minimum atomic E-state index is -0.0624. The van der Waals surface area contributed by atoms with Crippen LogP contribution in [0.15, 0.2) is 79.0 Å². The predicted molar refractivity (Wildman–Crippen MR) is 190 cm³/mol. The second-order valence-corrected chi connectivity index (χ2v) is 13.3. The summed E-state index contributed by atoms with van der Waals surface area (Å²) in [7, 11) is 3.97. The van der Waals surface area contributed by atoms with Gasteiger partial charge in [0.1, 0.15) is 5.69 Å². The molecule has 1 heterocycles. The third-order valence-electron chi connectivity index (χ3n) is 9.33. The van der Waals surface area contributed by atoms with Crippen LogP contribution in [0.4, 0.5) is 0 Å². The number of fused-ring (bicyclic) bond motifs is 2. The Morgan fingerprint density at radius 2 is 1.15 bits per heavy atom. The first-order valence-electron chi connectivity index (χ1n) is 17.2. The molecule has 6 heteroatoms. The van der Waals surface area contributed by atoms with E-state index in [-0.39, 0.29) is 48.8 Å². The average Bonchev–Trinajstić information content (AvgIpc) is 3.58. The molecular weight excluding hydrogens is 596 g/mol. The molecule has 0 saturated carbocycles. The molecule has 0 N–H and O–H groups in total. The van der Waals surface area contributed by atoms with Gasteiger partial charge in [0, 0.05) is 55.1 Å². The normalized spacial score (nSPS) is 13.2. The van der Waals surface area contributed by atoms with Crippen LogP contribution in [0.3, 0.4) is 0 Å². The zero-order chi connectivity index (χ0) is 34.0. The van der Waals surface area contributed by atoms with Gasteiger partial charge >= 0.3 is 0 Å². The van der Waals surface area contributed by atoms with E-state index in [1.807, 2.05) is 86.6 Å². The van der Waals surface area contributed by atoms with Gasteiger partial charge in [0.05, 0.1) is 0 Å². The van der Waals surface area contributed by atoms with Crippen molar-refractivity contribution in [2.75, 3.05) is 14.1 Å². The van der Waals surface area contributed by atoms with E-state index in [0.29, 0.717) is 5.69 Å². The number of carbonyl (C=O) groups is 4. The standard InChI is InChI=1S/C23H27NO2.C19H19NO2/c1-24(2)16-20-9-5-6-10-21(20)23(26)14-13-22(25)19-12-11-17-7-3-4-8-18(17)15-19;1-13-4-3-11-20-19(13)18(22)10-9-17(21)16-8-7-14-5-2-6-15(14)12-16/h5-6,9-12,15H,3-4,7-8,13-14,16H2,1-2H3;3-4,7-8,11-12H,2,5-6,9-10H2,1H3. The maximum atomic E-state index is 12.6. The highest BCUT2D eigenvalue weighted by molar-refractivity contribution is 6.03. The Kier molecular flexibility index (Phi) is 12.0. The highest BCUT2D eigenvalue weighted by atomic mass is 16.1. The number of nitrogens with zero attached hydrogens (tertiary/aromatic N) is 2. The van der Waals surface area contributed by atoms with Crippen LogP contribution in [0.1, 0.15) is 120 Å². The van der Waals surface area contributed by atoms with Gasteiger partial charge in [-0.25, -0.2) is 0 Å². The van der Waals surface area contributed by atoms with Gasteiger partial charge in [0.2, 0.25) is 0 Å². The summed E-state index contributed by atoms with van der Waals surface area (Å²) >= 11 is 0. The number of hydrogen-bond donors (Lipinski definition) is 0. The van der Waals surface area contributed by atoms with E-state index in [1.54, 1.807) is 6.20 Å². The van der Waals surface area contributed by atoms with Gasteiger partial charge in [-0.15, -0.1) is 0 Å². The molecule has 0 radical (unpaired) electrons. The lowest BCUT2D eigenvalue weighted by Gasteiger charge is -2.16. The highest BCUT2D eigenvalue weighted by Crippen LogP contribution is 2.25. The predicted octanol–water partition coefficient (Wildman–Crippen LogP) is 8.20. The van der Waals surface area contributed by atoms with Crippen molar-refractivity contribution in [3.8, 4) is 0 Å². The minimum Gasteiger partial charge on any atom is -0.305 e. The van der Waals surface area contributed by atoms with Crippen molar-refractivity contribution in [1.82, 2.24) is 9.88 Å². The summed E-state index contributed by atoms with van der Waals surface area (Å²) in [5, 5.41) is 0. The Morgan fingerprint density at radius 3 is 1.77 bits per heavy atom. The van der Waals surface area contributed by atoms with E-state index in [4.69, 9.17) is 0 Å². The number of ketones is 4. The Hall–Kier alpha value is -4.55. The number of pyridine rings is 1. The lowest BCUT2D eigenvalue weighted by atomic mass is 9.89. The van der Waals surface area contributed by atoms with Crippen molar-refractivity contribution >= 4 is 23.1 Å². The van der Waals surface area contributed by atoms with E-state index in [2.05, 4.69) is 17.1 Å². The lowest BCUT2D eigenvalue weighted by molar-refractivity contribution is 0.0914. The first kappa shape index (κ1) is 34.8. The van der Waals surface area contributed by atoms with E-state index >= 15 is 0 Å². The zero-order valence-electron chi connectivity index (χ0n) is 28.5. The summed E-state index contributed by atoms with van der Waals surface area (Å²) in [6.45, 7) is 2.59. The summed E-state index contributed by atoms with van der Waals surface area (Å²) < 4.78 is 0. The summed E-state index contributed by atoms with van der Waals surface area (Å²) in [4.78, 5) is 55.8. The molecule has 0 unspecified atom stereocenters. The maximum Gasteiger partial charge on any atom is 0.181 e. The molecule has 248 valence electrons. The van der Waals surface area contributed by atoms with Crippen molar-refractivity contribution in [1.29, 1.82) is 0 Å². The van der Waals surface area contributed by atoms with Gasteiger partial charge in [0.25, 0.3) is 0 Å². The van der Waals surface area contributed by atoms with E-state index < -0.39 is 0 Å². The summed E-state index contributed by atoms with van der Waals surface area (Å²) in [6.07, 6.45) is 10.6. The van der Waals surface area contributed by atoms with Crippen LogP contribution < -0.4 is 0 Å². The van der Waals surface area contributed by atoms with Crippen LogP contribution in [-0.4, -0.2) is 47.1 Å². The van der Waals surface area contributed by atoms with Crippen molar-refractivity contribution in [2.45, 2.75) is 84.1 Å². The second-order valence-electron chi connectivity index (χ2n) is 13.3. The van der Waals surface area contributed by atoms with E-state index in [1.165, 1.54) is 41.5 Å². The topological polar surface area (TPSA) is 84.4 Å². The minimum absolute atomic E-state index is 0.0386. The Bertz CT molecular complexity index is 1810. The fourth-order valence-electron chi connectivity index (χ4n) is 6.70. The van der Waals surface area contributed by atoms with Gasteiger partial charge in [-0.2, -0.15) is 0 Å². The number of Topliss-reactive ketones (excluding diaryl/α,β-unsaturated/α-hetero) is 4. The number of aromatic nitrogens is 1. The van der Waals surface area contributed by atoms with Gasteiger partial charge < -0.3 is 4.90 Å². The molecule has 6 nitrogen and oxygen atoms in total. The number of carbonyl (C=O) groups excluding carboxylic acids is 4. The molecule has 2 aliphatic rings. The van der Waals surface area contributed by atoms with Crippen LogP contribution >= 0.6 is 0 Å². The number of rotatable bonds is 12. The fourth-order valence-corrected chi connectivity index (χ4v) is 6.70. The summed E-state index contributed by atoms with van der Waals surface area (Å²) in [6, 6.07) is 23.4. The van der Waals surface area contributed by atoms with Crippen LogP contribution in [0, 0.1) is 6.92 Å². The molecule has 0 saturated heterocycles. The molecule has 3 aromatic carbocycles. The molecule has 0 aliphatic heterocycles. The number of aryl methyl sites for hydroxylation is 5. The zero-order valence-corrected chi connectivity index (χ0v) is 28.5. The molecule has 4 aromatic rings. The van der Waals surface area contributed by atoms with Gasteiger partial charge in [-0.05, 0) is 118 Å². The first-order valence-corrected chi connectivity index (χ1v) is 17.2. The third kappa shape index (κ3) is 9.07. The smallest absolute Gasteiger partial charge is 0.181 e. The monoisotopic (exact) mass is 642 g/mol. The Balaban J connectivity index is 0.000000190. The highest BCUT2D eigenvalue weighted by Gasteiger charge is 2.18. The molecule has 48 heavy (non-hydrogen) atoms. The summed E-state index contributed by atoms with van der Waals surface area (Å²) in [5.74, 6) is 0.0924. The third-order valence-corrected chi connectivity index (χ3v) is 9.33. The molecule has 2 aliphatic carbocycles. The molecule has 1 aromatic heterocycles. The second kappa shape index (κ2) is 16.5. The van der Waals surface area contributed by atoms with Crippen molar-refractivity contribution in [3.05, 3.63) is 135 Å². The lowest BCUT2D eigenvalue weighted by Crippen LogP contribution is -2.15. The Morgan fingerprint density at radius 1 is 0.604 bits per heavy atom. The van der Waals surface area contributed by atoms with Gasteiger partial charge in [-0.3, -0.25) is 24.2 Å². The first-order chi connectivity index (χ1) is 23.2. The SMILES string of the molecule is CN(C)Cc1ccccc1C(=O)CCC(=O)c1ccc2c(c1)CCCC2.Cc1cccnc1C(=O)CCC(=O)c1ccc2c(c1)CCC2. The molecule has 6 rings (SSSR count). The molecule has 0 atom stereocenters. The largest absolute Gasteiger partial charge is 0.305 e. The molecule has 0 spiro atoms. The molecular formula is C42H46N2O4. The van der Waals surface area contributed by atoms with E-state index in [0.717, 1.165) is 60.0 Å². The van der Waals surface area contributed by atoms with Crippen LogP contribution in [0.25, 0.3) is 0 Å². The van der Waals surface area contributed by atoms with Gasteiger partial charge in [0.15, 0.2) is 23.1 Å². The summed E-state index contributed by atoms with van der Waals surface area (Å²) in [5.41, 5.74) is 9.90. The number of benzene rings is 3. The maximum absolute atomic E-state index is 12.6. The number of hydrogen-bond acceptors (Lipinski definition) is 6.